The van der Waals surface area contributed by atoms with Crippen molar-refractivity contribution in [3.8, 4) is 5.75 Å². The van der Waals surface area contributed by atoms with Crippen LogP contribution in [0.25, 0.3) is 0 Å². The number of amides is 1. The molecule has 2 atom stereocenters. The predicted octanol–water partition coefficient (Wildman–Crippen LogP) is 2.65. The summed E-state index contributed by atoms with van der Waals surface area (Å²) in [5.41, 5.74) is 7.62. The Labute approximate surface area is 175 Å². The minimum atomic E-state index is -0.0885. The van der Waals surface area contributed by atoms with Crippen molar-refractivity contribution >= 4 is 5.91 Å². The molecule has 2 N–H and O–H groups in total. The van der Waals surface area contributed by atoms with Crippen LogP contribution in [-0.4, -0.2) is 61.1 Å². The highest BCUT2D eigenvalue weighted by Gasteiger charge is 2.32. The van der Waals surface area contributed by atoms with E-state index in [1.165, 1.54) is 5.56 Å². The zero-order valence-electron chi connectivity index (χ0n) is 18.5. The lowest BCUT2D eigenvalue weighted by Crippen LogP contribution is -2.49. The number of carbonyl (C=O) groups is 1. The second kappa shape index (κ2) is 10.4. The molecule has 29 heavy (non-hydrogen) atoms. The molecule has 0 radical (unpaired) electrons. The second-order valence-corrected chi connectivity index (χ2v) is 9.15. The Morgan fingerprint density at radius 2 is 1.97 bits per heavy atom. The average Bonchev–Trinajstić information content (AvgIpc) is 3.15. The summed E-state index contributed by atoms with van der Waals surface area (Å²) in [7, 11) is 1.74. The Morgan fingerprint density at radius 1 is 1.24 bits per heavy atom. The number of para-hydroxylation sites is 1. The zero-order chi connectivity index (χ0) is 20.8. The minimum Gasteiger partial charge on any atom is -0.496 e. The van der Waals surface area contributed by atoms with E-state index in [0.717, 1.165) is 57.7 Å². The molecule has 0 aromatic heterocycles. The monoisotopic (exact) mass is 402 g/mol. The number of hydrazine groups is 1. The van der Waals surface area contributed by atoms with Crippen molar-refractivity contribution in [1.82, 2.24) is 20.7 Å². The quantitative estimate of drug-likeness (QED) is 0.700. The van der Waals surface area contributed by atoms with Crippen LogP contribution in [-0.2, 0) is 11.3 Å². The van der Waals surface area contributed by atoms with Crippen LogP contribution < -0.4 is 15.6 Å². The van der Waals surface area contributed by atoms with Crippen LogP contribution in [0.3, 0.4) is 0 Å². The van der Waals surface area contributed by atoms with Crippen LogP contribution >= 0.6 is 0 Å². The third kappa shape index (κ3) is 6.17. The highest BCUT2D eigenvalue weighted by molar-refractivity contribution is 5.82. The van der Waals surface area contributed by atoms with Gasteiger partial charge in [-0.3, -0.25) is 15.1 Å². The summed E-state index contributed by atoms with van der Waals surface area (Å²) in [5.74, 6) is 2.29. The van der Waals surface area contributed by atoms with Gasteiger partial charge in [-0.2, -0.15) is 0 Å². The van der Waals surface area contributed by atoms with E-state index in [0.29, 0.717) is 17.9 Å². The van der Waals surface area contributed by atoms with Gasteiger partial charge in [0.2, 0.25) is 5.91 Å². The summed E-state index contributed by atoms with van der Waals surface area (Å²) >= 11 is 0. The molecule has 2 aliphatic rings. The first-order valence-corrected chi connectivity index (χ1v) is 11.1. The van der Waals surface area contributed by atoms with Crippen molar-refractivity contribution in [1.29, 1.82) is 0 Å². The number of nitrogens with zero attached hydrogens (tertiary/aromatic N) is 2. The van der Waals surface area contributed by atoms with Crippen molar-refractivity contribution < 1.29 is 9.53 Å². The molecule has 3 rings (SSSR count). The maximum atomic E-state index is 13.1. The maximum absolute atomic E-state index is 13.1. The molecule has 6 nitrogen and oxygen atoms in total. The molecule has 162 valence electrons. The van der Waals surface area contributed by atoms with Gasteiger partial charge in [0.1, 0.15) is 11.8 Å². The van der Waals surface area contributed by atoms with E-state index >= 15 is 0 Å². The Bertz CT molecular complexity index is 658. The zero-order valence-corrected chi connectivity index (χ0v) is 18.5. The summed E-state index contributed by atoms with van der Waals surface area (Å²) in [5, 5.41) is 0. The summed E-state index contributed by atoms with van der Waals surface area (Å²) < 4.78 is 5.50. The lowest BCUT2D eigenvalue weighted by molar-refractivity contribution is -0.134. The lowest BCUT2D eigenvalue weighted by atomic mass is 9.95. The molecule has 0 saturated carbocycles. The highest BCUT2D eigenvalue weighted by atomic mass is 16.5. The molecule has 1 aromatic rings. The molecule has 1 aromatic carbocycles. The second-order valence-electron chi connectivity index (χ2n) is 9.15. The first-order chi connectivity index (χ1) is 14.0. The lowest BCUT2D eigenvalue weighted by Gasteiger charge is -2.36. The Hall–Kier alpha value is -1.63. The normalized spacial score (nSPS) is 23.5. The fourth-order valence-corrected chi connectivity index (χ4v) is 4.51. The molecule has 0 bridgehead atoms. The first kappa shape index (κ1) is 22.1. The van der Waals surface area contributed by atoms with E-state index in [-0.39, 0.29) is 11.9 Å². The van der Waals surface area contributed by atoms with Crippen LogP contribution in [0.5, 0.6) is 5.75 Å². The summed E-state index contributed by atoms with van der Waals surface area (Å²) in [6, 6.07) is 8.54. The van der Waals surface area contributed by atoms with Gasteiger partial charge in [-0.05, 0) is 57.2 Å². The number of nitrogens with one attached hydrogen (secondary N) is 2. The Kier molecular flexibility index (Phi) is 7.92. The van der Waals surface area contributed by atoms with Crippen LogP contribution in [0.1, 0.15) is 45.6 Å². The molecule has 2 unspecified atom stereocenters. The van der Waals surface area contributed by atoms with Crippen molar-refractivity contribution in [3.63, 3.8) is 0 Å². The van der Waals surface area contributed by atoms with E-state index in [1.807, 2.05) is 12.1 Å². The fourth-order valence-electron chi connectivity index (χ4n) is 4.51. The van der Waals surface area contributed by atoms with E-state index in [4.69, 9.17) is 4.74 Å². The molecule has 0 aliphatic carbocycles. The molecule has 2 fully saturated rings. The third-order valence-corrected chi connectivity index (χ3v) is 6.06. The number of rotatable bonds is 8. The molecule has 0 spiro atoms. The number of benzene rings is 1. The van der Waals surface area contributed by atoms with Crippen LogP contribution in [0.2, 0.25) is 0 Å². The van der Waals surface area contributed by atoms with Gasteiger partial charge in [-0.25, -0.2) is 5.43 Å². The topological polar surface area (TPSA) is 56.8 Å². The highest BCUT2D eigenvalue weighted by Crippen LogP contribution is 2.24. The van der Waals surface area contributed by atoms with Gasteiger partial charge in [0.15, 0.2) is 0 Å². The number of ether oxygens (including phenoxy) is 1. The molecule has 2 aliphatic heterocycles. The largest absolute Gasteiger partial charge is 0.496 e. The SMILES string of the molecule is COc1ccccc1CN1CCC(CN(CC(C)C)C(=O)C2CC(C)NN2)CC1. The van der Waals surface area contributed by atoms with E-state index in [9.17, 15) is 4.79 Å². The summed E-state index contributed by atoms with van der Waals surface area (Å²) in [4.78, 5) is 17.7. The van der Waals surface area contributed by atoms with Gasteiger partial charge in [-0.15, -0.1) is 0 Å². The maximum Gasteiger partial charge on any atom is 0.241 e. The number of piperidine rings is 1. The van der Waals surface area contributed by atoms with Gasteiger partial charge < -0.3 is 9.64 Å². The standard InChI is InChI=1S/C23H38N4O2/c1-17(2)14-27(23(28)21-13-18(3)24-25-21)15-19-9-11-26(12-10-19)16-20-7-5-6-8-22(20)29-4/h5-8,17-19,21,24-25H,9-16H2,1-4H3. The molecule has 2 saturated heterocycles. The number of hydrogen-bond donors (Lipinski definition) is 2. The molecule has 6 heteroatoms. The van der Waals surface area contributed by atoms with Crippen LogP contribution in [0.4, 0.5) is 0 Å². The third-order valence-electron chi connectivity index (χ3n) is 6.06. The minimum absolute atomic E-state index is 0.0885. The van der Waals surface area contributed by atoms with Crippen LogP contribution in [0, 0.1) is 11.8 Å². The Balaban J connectivity index is 1.52. The van der Waals surface area contributed by atoms with Crippen molar-refractivity contribution in [2.75, 3.05) is 33.3 Å². The average molecular weight is 403 g/mol. The number of methoxy groups -OCH3 is 1. The fraction of sp³-hybridized carbons (Fsp3) is 0.696. The number of hydrogen-bond acceptors (Lipinski definition) is 5. The van der Waals surface area contributed by atoms with E-state index in [1.54, 1.807) is 7.11 Å². The summed E-state index contributed by atoms with van der Waals surface area (Å²) in [6.07, 6.45) is 3.15. The van der Waals surface area contributed by atoms with Gasteiger partial charge in [0, 0.05) is 31.2 Å². The van der Waals surface area contributed by atoms with Crippen molar-refractivity contribution in [2.45, 2.75) is 58.7 Å². The molecular formula is C23H38N4O2. The van der Waals surface area contributed by atoms with E-state index in [2.05, 4.69) is 53.6 Å². The van der Waals surface area contributed by atoms with E-state index < -0.39 is 0 Å². The first-order valence-electron chi connectivity index (χ1n) is 11.1. The smallest absolute Gasteiger partial charge is 0.241 e. The van der Waals surface area contributed by atoms with Gasteiger partial charge >= 0.3 is 0 Å². The number of carbonyl (C=O) groups excluding carboxylic acids is 1. The molecular weight excluding hydrogens is 364 g/mol. The number of likely N-dealkylation sites (tertiary alicyclic amines) is 1. The van der Waals surface area contributed by atoms with Gasteiger partial charge in [0.25, 0.3) is 0 Å². The van der Waals surface area contributed by atoms with Crippen molar-refractivity contribution in [3.05, 3.63) is 29.8 Å². The van der Waals surface area contributed by atoms with Crippen LogP contribution in [0.15, 0.2) is 24.3 Å². The summed E-state index contributed by atoms with van der Waals surface area (Å²) in [6.45, 7) is 11.3. The van der Waals surface area contributed by atoms with Gasteiger partial charge in [0.05, 0.1) is 7.11 Å². The van der Waals surface area contributed by atoms with Crippen molar-refractivity contribution in [2.24, 2.45) is 11.8 Å². The van der Waals surface area contributed by atoms with Gasteiger partial charge in [-0.1, -0.05) is 32.0 Å². The predicted molar refractivity (Wildman–Crippen MR) is 117 cm³/mol. The Morgan fingerprint density at radius 3 is 2.59 bits per heavy atom. The molecule has 1 amide bonds. The molecule has 2 heterocycles.